The zero-order valence-corrected chi connectivity index (χ0v) is 10.9. The molecule has 2 heteroatoms. The van der Waals surface area contributed by atoms with E-state index in [4.69, 9.17) is 0 Å². The summed E-state index contributed by atoms with van der Waals surface area (Å²) < 4.78 is 26.2. The van der Waals surface area contributed by atoms with Gasteiger partial charge in [-0.05, 0) is 35.8 Å². The first-order valence-electron chi connectivity index (χ1n) is 6.18. The van der Waals surface area contributed by atoms with Crippen LogP contribution in [0.3, 0.4) is 0 Å². The van der Waals surface area contributed by atoms with Gasteiger partial charge in [-0.1, -0.05) is 45.0 Å². The van der Waals surface area contributed by atoms with Gasteiger partial charge < -0.3 is 0 Å². The van der Waals surface area contributed by atoms with Gasteiger partial charge in [0.25, 0.3) is 0 Å². The molecule has 0 saturated heterocycles. The molecule has 2 atom stereocenters. The van der Waals surface area contributed by atoms with Crippen molar-refractivity contribution >= 4 is 0 Å². The van der Waals surface area contributed by atoms with Crippen molar-refractivity contribution in [3.05, 3.63) is 35.4 Å². The first-order valence-corrected chi connectivity index (χ1v) is 6.18. The summed E-state index contributed by atoms with van der Waals surface area (Å²) in [7, 11) is 0. The second-order valence-electron chi connectivity index (χ2n) is 6.28. The van der Waals surface area contributed by atoms with Crippen LogP contribution in [0.2, 0.25) is 0 Å². The SMILES string of the molecule is CC(C)(C)c1ccc(C2CC2C(C)(F)F)cc1. The van der Waals surface area contributed by atoms with Crippen LogP contribution in [0.5, 0.6) is 0 Å². The van der Waals surface area contributed by atoms with Gasteiger partial charge in [-0.15, -0.1) is 0 Å². The minimum atomic E-state index is -2.53. The van der Waals surface area contributed by atoms with Gasteiger partial charge >= 0.3 is 0 Å². The predicted octanol–water partition coefficient (Wildman–Crippen LogP) is 4.74. The highest BCUT2D eigenvalue weighted by atomic mass is 19.3. The minimum absolute atomic E-state index is 0.0593. The second-order valence-corrected chi connectivity index (χ2v) is 6.28. The fraction of sp³-hybridized carbons (Fsp3) is 0.600. The molecule has 0 heterocycles. The van der Waals surface area contributed by atoms with Gasteiger partial charge in [0.2, 0.25) is 5.92 Å². The monoisotopic (exact) mass is 238 g/mol. The highest BCUT2D eigenvalue weighted by Gasteiger charge is 2.52. The van der Waals surface area contributed by atoms with E-state index in [0.29, 0.717) is 6.42 Å². The van der Waals surface area contributed by atoms with E-state index in [1.807, 2.05) is 12.1 Å². The summed E-state index contributed by atoms with van der Waals surface area (Å²) in [4.78, 5) is 0. The average molecular weight is 238 g/mol. The topological polar surface area (TPSA) is 0 Å². The molecule has 0 spiro atoms. The molecule has 0 radical (unpaired) electrons. The first kappa shape index (κ1) is 12.5. The molecule has 1 fully saturated rings. The molecule has 1 aliphatic carbocycles. The molecule has 2 unspecified atom stereocenters. The highest BCUT2D eigenvalue weighted by Crippen LogP contribution is 2.55. The van der Waals surface area contributed by atoms with Crippen molar-refractivity contribution < 1.29 is 8.78 Å². The molecule has 1 aromatic rings. The Morgan fingerprint density at radius 2 is 1.53 bits per heavy atom. The number of halogens is 2. The first-order chi connectivity index (χ1) is 7.69. The number of rotatable bonds is 2. The molecule has 0 bridgehead atoms. The van der Waals surface area contributed by atoms with E-state index in [9.17, 15) is 8.78 Å². The molecule has 17 heavy (non-hydrogen) atoms. The summed E-state index contributed by atoms with van der Waals surface area (Å²) in [6, 6.07) is 8.16. The smallest absolute Gasteiger partial charge is 0.207 e. The van der Waals surface area contributed by atoms with Crippen LogP contribution in [0.4, 0.5) is 8.78 Å². The Kier molecular flexibility index (Phi) is 2.80. The molecule has 0 aromatic heterocycles. The van der Waals surface area contributed by atoms with E-state index >= 15 is 0 Å². The van der Waals surface area contributed by atoms with E-state index in [1.54, 1.807) is 0 Å². The lowest BCUT2D eigenvalue weighted by atomic mass is 9.86. The number of alkyl halides is 2. The van der Waals surface area contributed by atoms with Crippen LogP contribution in [0.1, 0.15) is 51.2 Å². The van der Waals surface area contributed by atoms with E-state index < -0.39 is 11.8 Å². The van der Waals surface area contributed by atoms with Crippen LogP contribution in [-0.4, -0.2) is 5.92 Å². The molecule has 1 aromatic carbocycles. The van der Waals surface area contributed by atoms with Crippen LogP contribution in [0.15, 0.2) is 24.3 Å². The lowest BCUT2D eigenvalue weighted by molar-refractivity contribution is -0.00398. The third kappa shape index (κ3) is 2.67. The quantitative estimate of drug-likeness (QED) is 0.698. The maximum absolute atomic E-state index is 13.1. The van der Waals surface area contributed by atoms with Crippen LogP contribution in [-0.2, 0) is 5.41 Å². The van der Waals surface area contributed by atoms with Crippen molar-refractivity contribution in [2.24, 2.45) is 5.92 Å². The van der Waals surface area contributed by atoms with E-state index in [1.165, 1.54) is 5.56 Å². The highest BCUT2D eigenvalue weighted by molar-refractivity contribution is 5.33. The van der Waals surface area contributed by atoms with Crippen LogP contribution in [0, 0.1) is 5.92 Å². The number of benzene rings is 1. The predicted molar refractivity (Wildman–Crippen MR) is 66.6 cm³/mol. The van der Waals surface area contributed by atoms with E-state index in [-0.39, 0.29) is 11.3 Å². The molecule has 0 N–H and O–H groups in total. The van der Waals surface area contributed by atoms with Crippen molar-refractivity contribution in [2.45, 2.75) is 51.4 Å². The maximum atomic E-state index is 13.1. The maximum Gasteiger partial charge on any atom is 0.248 e. The molecule has 0 nitrogen and oxygen atoms in total. The molecule has 1 saturated carbocycles. The molecule has 1 aliphatic rings. The van der Waals surface area contributed by atoms with E-state index in [2.05, 4.69) is 32.9 Å². The van der Waals surface area contributed by atoms with Gasteiger partial charge in [0.15, 0.2) is 0 Å². The summed E-state index contributed by atoms with van der Waals surface area (Å²) >= 11 is 0. The average Bonchev–Trinajstić information content (AvgIpc) is 2.95. The van der Waals surface area contributed by atoms with Gasteiger partial charge in [-0.25, -0.2) is 8.78 Å². The zero-order valence-electron chi connectivity index (χ0n) is 10.9. The van der Waals surface area contributed by atoms with Crippen LogP contribution < -0.4 is 0 Å². The van der Waals surface area contributed by atoms with Gasteiger partial charge in [0.1, 0.15) is 0 Å². The Hall–Kier alpha value is -0.920. The largest absolute Gasteiger partial charge is 0.248 e. The Labute approximate surface area is 102 Å². The summed E-state index contributed by atoms with van der Waals surface area (Å²) in [6.45, 7) is 7.49. The van der Waals surface area contributed by atoms with Gasteiger partial charge in [0.05, 0.1) is 0 Å². The third-order valence-corrected chi connectivity index (χ3v) is 3.65. The van der Waals surface area contributed by atoms with Gasteiger partial charge in [0, 0.05) is 5.92 Å². The van der Waals surface area contributed by atoms with Crippen molar-refractivity contribution in [3.63, 3.8) is 0 Å². The van der Waals surface area contributed by atoms with Crippen LogP contribution in [0.25, 0.3) is 0 Å². The molecular formula is C15H20F2. The number of hydrogen-bond donors (Lipinski definition) is 0. The number of hydrogen-bond acceptors (Lipinski definition) is 0. The lowest BCUT2D eigenvalue weighted by Gasteiger charge is -2.19. The second kappa shape index (κ2) is 3.79. The molecular weight excluding hydrogens is 218 g/mol. The van der Waals surface area contributed by atoms with Crippen molar-refractivity contribution in [1.29, 1.82) is 0 Å². The summed E-state index contributed by atoms with van der Waals surface area (Å²) in [5.74, 6) is -2.93. The Morgan fingerprint density at radius 3 is 1.88 bits per heavy atom. The Morgan fingerprint density at radius 1 is 1.00 bits per heavy atom. The minimum Gasteiger partial charge on any atom is -0.207 e. The fourth-order valence-corrected chi connectivity index (χ4v) is 2.35. The Bertz CT molecular complexity index is 392. The standard InChI is InChI=1S/C15H20F2/c1-14(2,3)11-7-5-10(6-8-11)12-9-13(12)15(4,16)17/h5-8,12-13H,9H2,1-4H3. The molecule has 94 valence electrons. The lowest BCUT2D eigenvalue weighted by Crippen LogP contribution is -2.14. The fourth-order valence-electron chi connectivity index (χ4n) is 2.35. The zero-order chi connectivity index (χ0) is 12.8. The molecule has 0 aliphatic heterocycles. The Balaban J connectivity index is 2.11. The third-order valence-electron chi connectivity index (χ3n) is 3.65. The van der Waals surface area contributed by atoms with E-state index in [0.717, 1.165) is 12.5 Å². The molecule has 0 amide bonds. The van der Waals surface area contributed by atoms with Gasteiger partial charge in [-0.3, -0.25) is 0 Å². The summed E-state index contributed by atoms with van der Waals surface area (Å²) in [5.41, 5.74) is 2.43. The van der Waals surface area contributed by atoms with Crippen molar-refractivity contribution in [2.75, 3.05) is 0 Å². The van der Waals surface area contributed by atoms with Crippen molar-refractivity contribution in [3.8, 4) is 0 Å². The van der Waals surface area contributed by atoms with Crippen molar-refractivity contribution in [1.82, 2.24) is 0 Å². The summed E-state index contributed by atoms with van der Waals surface area (Å²) in [5, 5.41) is 0. The normalized spacial score (nSPS) is 24.8. The van der Waals surface area contributed by atoms with Gasteiger partial charge in [-0.2, -0.15) is 0 Å². The molecule has 2 rings (SSSR count). The summed E-state index contributed by atoms with van der Waals surface area (Å²) in [6.07, 6.45) is 0.623. The van der Waals surface area contributed by atoms with Crippen LogP contribution >= 0.6 is 0 Å².